The summed E-state index contributed by atoms with van der Waals surface area (Å²) in [6.07, 6.45) is 7.43. The SMILES string of the molecule is CC(CC(=O)NC1CCC1)n1cc2c(N)nc3cc(-c4cc[nH]n4)ccc3c2n1. The van der Waals surface area contributed by atoms with Crippen LogP contribution in [-0.4, -0.2) is 36.9 Å². The maximum absolute atomic E-state index is 12.3. The number of hydrogen-bond donors (Lipinski definition) is 3. The van der Waals surface area contributed by atoms with E-state index in [1.165, 1.54) is 6.42 Å². The van der Waals surface area contributed by atoms with Gasteiger partial charge in [-0.15, -0.1) is 0 Å². The van der Waals surface area contributed by atoms with Gasteiger partial charge in [-0.05, 0) is 44.4 Å². The van der Waals surface area contributed by atoms with Gasteiger partial charge in [0, 0.05) is 35.8 Å². The lowest BCUT2D eigenvalue weighted by Crippen LogP contribution is -2.40. The first-order valence-electron chi connectivity index (χ1n) is 9.96. The molecule has 5 rings (SSSR count). The summed E-state index contributed by atoms with van der Waals surface area (Å²) >= 11 is 0. The molecule has 0 saturated heterocycles. The highest BCUT2D eigenvalue weighted by Gasteiger charge is 2.21. The van der Waals surface area contributed by atoms with Gasteiger partial charge in [-0.2, -0.15) is 10.2 Å². The van der Waals surface area contributed by atoms with Crippen molar-refractivity contribution in [2.75, 3.05) is 5.73 Å². The number of H-pyrrole nitrogens is 1. The maximum Gasteiger partial charge on any atom is 0.222 e. The standard InChI is InChI=1S/C21H23N7O/c1-12(9-19(29)24-14-3-2-4-14)28-11-16-20(27-28)15-6-5-13(17-7-8-23-26-17)10-18(15)25-21(16)22/h5-8,10-12,14H,2-4,9H2,1H3,(H2,22,25)(H,23,26)(H,24,29). The number of carbonyl (C=O) groups excluding carboxylic acids is 1. The molecule has 0 radical (unpaired) electrons. The van der Waals surface area contributed by atoms with Gasteiger partial charge >= 0.3 is 0 Å². The second-order valence-corrected chi connectivity index (χ2v) is 7.81. The predicted octanol–water partition coefficient (Wildman–Crippen LogP) is 3.18. The number of fused-ring (bicyclic) bond motifs is 3. The molecule has 1 fully saturated rings. The number of rotatable bonds is 5. The fourth-order valence-electron chi connectivity index (χ4n) is 3.80. The summed E-state index contributed by atoms with van der Waals surface area (Å²) in [6, 6.07) is 8.16. The van der Waals surface area contributed by atoms with E-state index in [1.54, 1.807) is 6.20 Å². The van der Waals surface area contributed by atoms with Gasteiger partial charge in [0.25, 0.3) is 0 Å². The van der Waals surface area contributed by atoms with Crippen LogP contribution in [-0.2, 0) is 4.79 Å². The number of nitrogens with two attached hydrogens (primary N) is 1. The van der Waals surface area contributed by atoms with E-state index in [0.717, 1.165) is 45.9 Å². The van der Waals surface area contributed by atoms with Crippen molar-refractivity contribution in [3.05, 3.63) is 36.7 Å². The van der Waals surface area contributed by atoms with Gasteiger partial charge in [0.1, 0.15) is 11.3 Å². The van der Waals surface area contributed by atoms with E-state index in [-0.39, 0.29) is 11.9 Å². The second-order valence-electron chi connectivity index (χ2n) is 7.81. The highest BCUT2D eigenvalue weighted by Crippen LogP contribution is 2.30. The van der Waals surface area contributed by atoms with Crippen LogP contribution < -0.4 is 11.1 Å². The van der Waals surface area contributed by atoms with E-state index in [9.17, 15) is 4.79 Å². The van der Waals surface area contributed by atoms with E-state index in [2.05, 4.69) is 20.5 Å². The van der Waals surface area contributed by atoms with E-state index >= 15 is 0 Å². The van der Waals surface area contributed by atoms with Crippen LogP contribution in [0.5, 0.6) is 0 Å². The number of pyridine rings is 1. The number of aromatic amines is 1. The molecule has 0 bridgehead atoms. The maximum atomic E-state index is 12.3. The Labute approximate surface area is 167 Å². The van der Waals surface area contributed by atoms with Gasteiger partial charge in [-0.1, -0.05) is 6.07 Å². The van der Waals surface area contributed by atoms with Crippen LogP contribution in [0.15, 0.2) is 36.7 Å². The molecule has 8 heteroatoms. The van der Waals surface area contributed by atoms with Crippen molar-refractivity contribution < 1.29 is 4.79 Å². The Hall–Kier alpha value is -3.42. The Morgan fingerprint density at radius 1 is 1.34 bits per heavy atom. The summed E-state index contributed by atoms with van der Waals surface area (Å²) in [5, 5.41) is 16.6. The zero-order valence-electron chi connectivity index (χ0n) is 16.2. The molecule has 1 aliphatic rings. The molecule has 1 aliphatic carbocycles. The lowest BCUT2D eigenvalue weighted by molar-refractivity contribution is -0.123. The Balaban J connectivity index is 1.47. The van der Waals surface area contributed by atoms with Crippen LogP contribution >= 0.6 is 0 Å². The molecule has 3 aromatic heterocycles. The van der Waals surface area contributed by atoms with Crippen LogP contribution in [0.25, 0.3) is 33.1 Å². The molecular formula is C21H23N7O. The highest BCUT2D eigenvalue weighted by atomic mass is 16.1. The first-order chi connectivity index (χ1) is 14.1. The first kappa shape index (κ1) is 17.7. The zero-order valence-corrected chi connectivity index (χ0v) is 16.2. The topological polar surface area (TPSA) is 115 Å². The number of hydrogen-bond acceptors (Lipinski definition) is 5. The molecule has 3 heterocycles. The third-order valence-corrected chi connectivity index (χ3v) is 5.70. The van der Waals surface area contributed by atoms with Crippen molar-refractivity contribution in [2.24, 2.45) is 0 Å². The second kappa shape index (κ2) is 6.88. The Morgan fingerprint density at radius 3 is 2.93 bits per heavy atom. The average molecular weight is 389 g/mol. The van der Waals surface area contributed by atoms with E-state index in [4.69, 9.17) is 10.8 Å². The van der Waals surface area contributed by atoms with Gasteiger partial charge < -0.3 is 11.1 Å². The highest BCUT2D eigenvalue weighted by molar-refractivity contribution is 6.08. The number of carbonyl (C=O) groups is 1. The summed E-state index contributed by atoms with van der Waals surface area (Å²) in [7, 11) is 0. The smallest absolute Gasteiger partial charge is 0.222 e. The Morgan fingerprint density at radius 2 is 2.21 bits per heavy atom. The van der Waals surface area contributed by atoms with E-state index in [1.807, 2.05) is 42.1 Å². The Kier molecular flexibility index (Phi) is 4.19. The minimum Gasteiger partial charge on any atom is -0.383 e. The summed E-state index contributed by atoms with van der Waals surface area (Å²) < 4.78 is 1.82. The van der Waals surface area contributed by atoms with Crippen molar-refractivity contribution in [3.63, 3.8) is 0 Å². The number of amides is 1. The van der Waals surface area contributed by atoms with Crippen LogP contribution in [0.2, 0.25) is 0 Å². The Bertz CT molecular complexity index is 1190. The minimum absolute atomic E-state index is 0.0692. The molecule has 1 saturated carbocycles. The van der Waals surface area contributed by atoms with E-state index < -0.39 is 0 Å². The van der Waals surface area contributed by atoms with Gasteiger partial charge in [0.05, 0.1) is 22.6 Å². The molecule has 29 heavy (non-hydrogen) atoms. The number of nitrogens with one attached hydrogen (secondary N) is 2. The molecule has 1 unspecified atom stereocenters. The van der Waals surface area contributed by atoms with Gasteiger partial charge in [0.2, 0.25) is 5.91 Å². The predicted molar refractivity (Wildman–Crippen MR) is 112 cm³/mol. The van der Waals surface area contributed by atoms with Crippen molar-refractivity contribution in [1.82, 2.24) is 30.3 Å². The van der Waals surface area contributed by atoms with Crippen molar-refractivity contribution in [1.29, 1.82) is 0 Å². The molecule has 8 nitrogen and oxygen atoms in total. The summed E-state index contributed by atoms with van der Waals surface area (Å²) in [4.78, 5) is 16.8. The third kappa shape index (κ3) is 3.20. The van der Waals surface area contributed by atoms with E-state index in [0.29, 0.717) is 18.3 Å². The largest absolute Gasteiger partial charge is 0.383 e. The number of nitrogens with zero attached hydrogens (tertiary/aromatic N) is 4. The molecule has 0 spiro atoms. The molecular weight excluding hydrogens is 366 g/mol. The van der Waals surface area contributed by atoms with Crippen LogP contribution in [0.1, 0.15) is 38.6 Å². The fourth-order valence-corrected chi connectivity index (χ4v) is 3.80. The average Bonchev–Trinajstić information content (AvgIpc) is 3.34. The molecule has 148 valence electrons. The van der Waals surface area contributed by atoms with Crippen molar-refractivity contribution in [3.8, 4) is 11.3 Å². The molecule has 1 atom stereocenters. The molecule has 4 N–H and O–H groups in total. The van der Waals surface area contributed by atoms with Crippen molar-refractivity contribution in [2.45, 2.75) is 44.7 Å². The van der Waals surface area contributed by atoms with Crippen LogP contribution in [0.3, 0.4) is 0 Å². The van der Waals surface area contributed by atoms with Crippen LogP contribution in [0, 0.1) is 0 Å². The third-order valence-electron chi connectivity index (χ3n) is 5.70. The van der Waals surface area contributed by atoms with Gasteiger partial charge in [-0.25, -0.2) is 4.98 Å². The molecule has 1 amide bonds. The van der Waals surface area contributed by atoms with Crippen molar-refractivity contribution >= 4 is 33.5 Å². The minimum atomic E-state index is -0.0692. The molecule has 1 aromatic carbocycles. The first-order valence-corrected chi connectivity index (χ1v) is 9.96. The quantitative estimate of drug-likeness (QED) is 0.485. The molecule has 0 aliphatic heterocycles. The lowest BCUT2D eigenvalue weighted by Gasteiger charge is -2.27. The molecule has 4 aromatic rings. The summed E-state index contributed by atoms with van der Waals surface area (Å²) in [5.74, 6) is 0.505. The van der Waals surface area contributed by atoms with Gasteiger partial charge in [0.15, 0.2) is 0 Å². The van der Waals surface area contributed by atoms with Gasteiger partial charge in [-0.3, -0.25) is 14.6 Å². The number of aromatic nitrogens is 5. The normalized spacial score (nSPS) is 15.5. The summed E-state index contributed by atoms with van der Waals surface area (Å²) in [5.41, 5.74) is 9.62. The monoisotopic (exact) mass is 389 g/mol. The van der Waals surface area contributed by atoms with Crippen LogP contribution in [0.4, 0.5) is 5.82 Å². The number of nitrogen functional groups attached to an aromatic ring is 1. The lowest BCUT2D eigenvalue weighted by atomic mass is 9.93. The fraction of sp³-hybridized carbons (Fsp3) is 0.333. The summed E-state index contributed by atoms with van der Waals surface area (Å²) in [6.45, 7) is 1.99. The number of anilines is 1. The zero-order chi connectivity index (χ0) is 20.0. The number of benzene rings is 1.